The second kappa shape index (κ2) is 5.77. The smallest absolute Gasteiger partial charge is 0.437 e. The second-order valence-corrected chi connectivity index (χ2v) is 4.53. The van der Waals surface area contributed by atoms with Crippen molar-refractivity contribution in [2.75, 3.05) is 0 Å². The van der Waals surface area contributed by atoms with Gasteiger partial charge in [-0.25, -0.2) is 0 Å². The van der Waals surface area contributed by atoms with Crippen molar-refractivity contribution in [3.05, 3.63) is 40.5 Å². The predicted octanol–water partition coefficient (Wildman–Crippen LogP) is 4.44. The lowest BCUT2D eigenvalue weighted by molar-refractivity contribution is -0.274. The molecule has 0 atom stereocenters. The molecule has 2 rings (SSSR count). The third kappa shape index (κ3) is 3.98. The molecule has 1 heterocycles. The fraction of sp³-hybridized carbons (Fsp3) is 0.231. The Labute approximate surface area is 123 Å². The molecule has 1 aromatic carbocycles. The number of hydrogen-bond donors (Lipinski definition) is 0. The highest BCUT2D eigenvalue weighted by atomic mass is 35.5. The van der Waals surface area contributed by atoms with Crippen molar-refractivity contribution in [3.63, 3.8) is 0 Å². The molecule has 0 saturated carbocycles. The molecular weight excluding hydrogens is 309 g/mol. The van der Waals surface area contributed by atoms with Crippen LogP contribution in [0.25, 0.3) is 0 Å². The van der Waals surface area contributed by atoms with Gasteiger partial charge in [-0.15, -0.1) is 23.4 Å². The summed E-state index contributed by atoms with van der Waals surface area (Å²) in [5.74, 6) is 0.218. The van der Waals surface area contributed by atoms with Gasteiger partial charge in [0.1, 0.15) is 11.5 Å². The van der Waals surface area contributed by atoms with Crippen molar-refractivity contribution < 1.29 is 22.6 Å². The van der Waals surface area contributed by atoms with Crippen molar-refractivity contribution in [2.45, 2.75) is 20.2 Å². The number of alkyl halides is 3. The Bertz CT molecular complexity index is 645. The molecule has 2 aromatic rings. The molecule has 4 nitrogen and oxygen atoms in total. The summed E-state index contributed by atoms with van der Waals surface area (Å²) in [5, 5.41) is 7.79. The normalized spacial score (nSPS) is 11.3. The van der Waals surface area contributed by atoms with Gasteiger partial charge in [0, 0.05) is 5.56 Å². The van der Waals surface area contributed by atoms with Gasteiger partial charge in [0.2, 0.25) is 5.88 Å². The zero-order valence-electron chi connectivity index (χ0n) is 11.0. The lowest BCUT2D eigenvalue weighted by atomic mass is 10.2. The van der Waals surface area contributed by atoms with E-state index < -0.39 is 6.36 Å². The van der Waals surface area contributed by atoms with Crippen LogP contribution in [0.3, 0.4) is 0 Å². The van der Waals surface area contributed by atoms with Gasteiger partial charge in [0.05, 0.1) is 0 Å². The zero-order valence-corrected chi connectivity index (χ0v) is 11.8. The maximum absolute atomic E-state index is 12.0. The van der Waals surface area contributed by atoms with Gasteiger partial charge in [-0.05, 0) is 43.7 Å². The summed E-state index contributed by atoms with van der Waals surface area (Å²) >= 11 is 5.82. The van der Waals surface area contributed by atoms with Crippen LogP contribution in [0.1, 0.15) is 11.1 Å². The van der Waals surface area contributed by atoms with Crippen molar-refractivity contribution in [1.29, 1.82) is 0 Å². The molecule has 0 N–H and O–H groups in total. The van der Waals surface area contributed by atoms with Gasteiger partial charge in [-0.1, -0.05) is 11.6 Å². The van der Waals surface area contributed by atoms with Crippen LogP contribution >= 0.6 is 11.6 Å². The van der Waals surface area contributed by atoms with Crippen LogP contribution in [-0.2, 0) is 0 Å². The molecule has 0 saturated heterocycles. The van der Waals surface area contributed by atoms with Crippen LogP contribution in [0.2, 0.25) is 5.15 Å². The van der Waals surface area contributed by atoms with E-state index in [4.69, 9.17) is 16.3 Å². The van der Waals surface area contributed by atoms with Crippen molar-refractivity contribution in [1.82, 2.24) is 10.2 Å². The van der Waals surface area contributed by atoms with Crippen LogP contribution in [0.5, 0.6) is 17.4 Å². The Morgan fingerprint density at radius 2 is 1.52 bits per heavy atom. The monoisotopic (exact) mass is 318 g/mol. The van der Waals surface area contributed by atoms with E-state index in [0.717, 1.165) is 17.7 Å². The Kier molecular flexibility index (Phi) is 4.22. The molecule has 0 unspecified atom stereocenters. The number of benzene rings is 1. The summed E-state index contributed by atoms with van der Waals surface area (Å²) in [6.07, 6.45) is -4.72. The molecule has 0 aliphatic carbocycles. The summed E-state index contributed by atoms with van der Waals surface area (Å²) in [6.45, 7) is 3.52. The number of hydrogen-bond acceptors (Lipinski definition) is 4. The number of halogens is 4. The first kappa shape index (κ1) is 15.4. The molecule has 8 heteroatoms. The van der Waals surface area contributed by atoms with Gasteiger partial charge in [0.25, 0.3) is 0 Å². The van der Waals surface area contributed by atoms with Crippen LogP contribution in [0, 0.1) is 13.8 Å². The summed E-state index contributed by atoms with van der Waals surface area (Å²) in [7, 11) is 0. The van der Waals surface area contributed by atoms with Gasteiger partial charge in [0.15, 0.2) is 5.15 Å². The molecule has 0 bridgehead atoms. The summed E-state index contributed by atoms with van der Waals surface area (Å²) < 4.78 is 45.3. The molecule has 0 radical (unpaired) electrons. The van der Waals surface area contributed by atoms with Gasteiger partial charge in [-0.2, -0.15) is 0 Å². The topological polar surface area (TPSA) is 44.2 Å². The largest absolute Gasteiger partial charge is 0.573 e. The average molecular weight is 319 g/mol. The summed E-state index contributed by atoms with van der Waals surface area (Å²) in [5.41, 5.74) is 1.42. The SMILES string of the molecule is Cc1c(Cl)nnc(Oc2ccc(OC(F)(F)F)cc2)c1C. The predicted molar refractivity (Wildman–Crippen MR) is 69.7 cm³/mol. The van der Waals surface area contributed by atoms with Crippen molar-refractivity contribution in [2.24, 2.45) is 0 Å². The highest BCUT2D eigenvalue weighted by molar-refractivity contribution is 6.30. The van der Waals surface area contributed by atoms with E-state index in [0.29, 0.717) is 11.3 Å². The maximum atomic E-state index is 12.0. The van der Waals surface area contributed by atoms with Crippen molar-refractivity contribution in [3.8, 4) is 17.4 Å². The average Bonchev–Trinajstić information content (AvgIpc) is 2.40. The Morgan fingerprint density at radius 3 is 2.10 bits per heavy atom. The molecule has 0 aliphatic rings. The molecule has 112 valence electrons. The van der Waals surface area contributed by atoms with Crippen LogP contribution in [0.15, 0.2) is 24.3 Å². The fourth-order valence-corrected chi connectivity index (χ4v) is 1.65. The summed E-state index contributed by atoms with van der Waals surface area (Å²) in [4.78, 5) is 0. The molecular formula is C13H10ClF3N2O2. The first-order valence-electron chi connectivity index (χ1n) is 5.79. The number of ether oxygens (including phenoxy) is 2. The molecule has 0 spiro atoms. The van der Waals surface area contributed by atoms with E-state index >= 15 is 0 Å². The van der Waals surface area contributed by atoms with Crippen LogP contribution < -0.4 is 9.47 Å². The molecule has 21 heavy (non-hydrogen) atoms. The number of nitrogens with zero attached hydrogens (tertiary/aromatic N) is 2. The van der Waals surface area contributed by atoms with Gasteiger partial charge in [-0.3, -0.25) is 0 Å². The van der Waals surface area contributed by atoms with E-state index in [9.17, 15) is 13.2 Å². The Morgan fingerprint density at radius 1 is 0.952 bits per heavy atom. The second-order valence-electron chi connectivity index (χ2n) is 4.17. The highest BCUT2D eigenvalue weighted by Crippen LogP contribution is 2.29. The molecule has 0 fully saturated rings. The van der Waals surface area contributed by atoms with E-state index in [1.807, 2.05) is 0 Å². The molecule has 1 aromatic heterocycles. The lowest BCUT2D eigenvalue weighted by Crippen LogP contribution is -2.16. The third-order valence-electron chi connectivity index (χ3n) is 2.69. The van der Waals surface area contributed by atoms with Gasteiger partial charge < -0.3 is 9.47 Å². The third-order valence-corrected chi connectivity index (χ3v) is 3.05. The molecule has 0 aliphatic heterocycles. The summed E-state index contributed by atoms with van der Waals surface area (Å²) in [6, 6.07) is 4.97. The Balaban J connectivity index is 2.16. The molecule has 0 amide bonds. The minimum absolute atomic E-state index is 0.237. The number of rotatable bonds is 3. The zero-order chi connectivity index (χ0) is 15.6. The van der Waals surface area contributed by atoms with E-state index in [1.165, 1.54) is 12.1 Å². The Hall–Kier alpha value is -2.02. The fourth-order valence-electron chi connectivity index (χ4n) is 1.47. The highest BCUT2D eigenvalue weighted by Gasteiger charge is 2.31. The van der Waals surface area contributed by atoms with Gasteiger partial charge >= 0.3 is 6.36 Å². The quantitative estimate of drug-likeness (QED) is 0.839. The maximum Gasteiger partial charge on any atom is 0.573 e. The minimum Gasteiger partial charge on any atom is -0.437 e. The standard InChI is InChI=1S/C13H10ClF3N2O2/c1-7-8(2)12(19-18-11(7)14)20-9-3-5-10(6-4-9)21-13(15,16)17/h3-6H,1-2H3. The van der Waals surface area contributed by atoms with E-state index in [1.54, 1.807) is 13.8 Å². The first-order chi connectivity index (χ1) is 9.76. The minimum atomic E-state index is -4.72. The first-order valence-corrected chi connectivity index (χ1v) is 6.17. The van der Waals surface area contributed by atoms with E-state index in [2.05, 4.69) is 14.9 Å². The lowest BCUT2D eigenvalue weighted by Gasteiger charge is -2.11. The van der Waals surface area contributed by atoms with E-state index in [-0.39, 0.29) is 16.8 Å². The van der Waals surface area contributed by atoms with Crippen molar-refractivity contribution >= 4 is 11.6 Å². The van der Waals surface area contributed by atoms with Crippen LogP contribution in [-0.4, -0.2) is 16.6 Å². The van der Waals surface area contributed by atoms with Crippen LogP contribution in [0.4, 0.5) is 13.2 Å². The number of aromatic nitrogens is 2.